The third kappa shape index (κ3) is 1.46. The lowest BCUT2D eigenvalue weighted by Crippen LogP contribution is -1.99. The molecule has 18 heavy (non-hydrogen) atoms. The molecular formula is C10H6F2N6. The van der Waals surface area contributed by atoms with E-state index < -0.39 is 11.6 Å². The van der Waals surface area contributed by atoms with Crippen LogP contribution in [-0.4, -0.2) is 25.1 Å². The summed E-state index contributed by atoms with van der Waals surface area (Å²) in [6.07, 6.45) is 3.41. The second-order valence-electron chi connectivity index (χ2n) is 3.54. The van der Waals surface area contributed by atoms with Gasteiger partial charge in [0.1, 0.15) is 11.2 Å². The van der Waals surface area contributed by atoms with Gasteiger partial charge in [-0.05, 0) is 0 Å². The Morgan fingerprint density at radius 1 is 1.11 bits per heavy atom. The highest BCUT2D eigenvalue weighted by Crippen LogP contribution is 2.24. The van der Waals surface area contributed by atoms with Gasteiger partial charge in [-0.3, -0.25) is 10.1 Å². The first-order valence-electron chi connectivity index (χ1n) is 4.93. The molecule has 3 heterocycles. The SMILES string of the molecule is Nc1nc(-c2[nH]nc3c(F)cncc23)ncc1F. The van der Waals surface area contributed by atoms with Crippen molar-refractivity contribution in [3.63, 3.8) is 0 Å². The first-order chi connectivity index (χ1) is 8.66. The molecule has 0 saturated carbocycles. The summed E-state index contributed by atoms with van der Waals surface area (Å²) < 4.78 is 26.4. The molecule has 0 aromatic carbocycles. The van der Waals surface area contributed by atoms with E-state index in [2.05, 4.69) is 25.1 Å². The van der Waals surface area contributed by atoms with Crippen LogP contribution in [0.4, 0.5) is 14.6 Å². The third-order valence-electron chi connectivity index (χ3n) is 2.42. The Bertz CT molecular complexity index is 738. The van der Waals surface area contributed by atoms with E-state index in [-0.39, 0.29) is 17.2 Å². The molecule has 8 heteroatoms. The fourth-order valence-corrected chi connectivity index (χ4v) is 1.57. The summed E-state index contributed by atoms with van der Waals surface area (Å²) in [7, 11) is 0. The van der Waals surface area contributed by atoms with Crippen LogP contribution in [0.25, 0.3) is 22.4 Å². The van der Waals surface area contributed by atoms with Crippen molar-refractivity contribution in [1.29, 1.82) is 0 Å². The topological polar surface area (TPSA) is 93.4 Å². The van der Waals surface area contributed by atoms with Crippen molar-refractivity contribution in [2.24, 2.45) is 0 Å². The second-order valence-corrected chi connectivity index (χ2v) is 3.54. The van der Waals surface area contributed by atoms with Crippen LogP contribution >= 0.6 is 0 Å². The maximum absolute atomic E-state index is 13.4. The van der Waals surface area contributed by atoms with E-state index in [0.717, 1.165) is 12.4 Å². The smallest absolute Gasteiger partial charge is 0.183 e. The van der Waals surface area contributed by atoms with E-state index >= 15 is 0 Å². The number of nitrogens with one attached hydrogen (secondary N) is 1. The van der Waals surface area contributed by atoms with Crippen LogP contribution in [0.5, 0.6) is 0 Å². The maximum Gasteiger partial charge on any atom is 0.183 e. The van der Waals surface area contributed by atoms with E-state index in [1.165, 1.54) is 6.20 Å². The predicted molar refractivity (Wildman–Crippen MR) is 59.2 cm³/mol. The number of anilines is 1. The zero-order chi connectivity index (χ0) is 12.7. The van der Waals surface area contributed by atoms with Crippen molar-refractivity contribution < 1.29 is 8.78 Å². The Kier molecular flexibility index (Phi) is 2.15. The zero-order valence-corrected chi connectivity index (χ0v) is 8.85. The molecule has 3 N–H and O–H groups in total. The van der Waals surface area contributed by atoms with Gasteiger partial charge >= 0.3 is 0 Å². The fraction of sp³-hybridized carbons (Fsp3) is 0. The van der Waals surface area contributed by atoms with Crippen molar-refractivity contribution >= 4 is 16.7 Å². The lowest BCUT2D eigenvalue weighted by atomic mass is 10.2. The first kappa shape index (κ1) is 10.5. The van der Waals surface area contributed by atoms with Crippen molar-refractivity contribution in [1.82, 2.24) is 25.1 Å². The predicted octanol–water partition coefficient (Wildman–Crippen LogP) is 1.28. The van der Waals surface area contributed by atoms with Crippen molar-refractivity contribution in [3.05, 3.63) is 30.2 Å². The molecule has 0 fully saturated rings. The number of aromatic nitrogens is 5. The van der Waals surface area contributed by atoms with Crippen LogP contribution in [-0.2, 0) is 0 Å². The molecule has 0 amide bonds. The maximum atomic E-state index is 13.4. The lowest BCUT2D eigenvalue weighted by Gasteiger charge is -1.99. The Morgan fingerprint density at radius 3 is 2.72 bits per heavy atom. The van der Waals surface area contributed by atoms with Crippen LogP contribution in [0.2, 0.25) is 0 Å². The number of rotatable bonds is 1. The van der Waals surface area contributed by atoms with Gasteiger partial charge in [0.2, 0.25) is 0 Å². The number of hydrogen-bond donors (Lipinski definition) is 2. The molecule has 0 atom stereocenters. The quantitative estimate of drug-likeness (QED) is 0.676. The van der Waals surface area contributed by atoms with Crippen LogP contribution in [0.1, 0.15) is 0 Å². The molecule has 0 saturated heterocycles. The molecule has 0 aliphatic rings. The first-order valence-corrected chi connectivity index (χ1v) is 4.93. The van der Waals surface area contributed by atoms with Gasteiger partial charge in [-0.25, -0.2) is 18.7 Å². The van der Waals surface area contributed by atoms with Gasteiger partial charge in [0.25, 0.3) is 0 Å². The van der Waals surface area contributed by atoms with Gasteiger partial charge in [0.05, 0.1) is 17.8 Å². The zero-order valence-electron chi connectivity index (χ0n) is 8.85. The summed E-state index contributed by atoms with van der Waals surface area (Å²) in [5.41, 5.74) is 5.80. The molecular weight excluding hydrogens is 242 g/mol. The Balaban J connectivity index is 2.25. The summed E-state index contributed by atoms with van der Waals surface area (Å²) in [5, 5.41) is 6.78. The normalized spacial score (nSPS) is 11.0. The highest BCUT2D eigenvalue weighted by atomic mass is 19.1. The van der Waals surface area contributed by atoms with Crippen molar-refractivity contribution in [2.75, 3.05) is 5.73 Å². The minimum Gasteiger partial charge on any atom is -0.381 e. The van der Waals surface area contributed by atoms with Gasteiger partial charge in [-0.15, -0.1) is 0 Å². The van der Waals surface area contributed by atoms with E-state index in [9.17, 15) is 8.78 Å². The monoisotopic (exact) mass is 248 g/mol. The third-order valence-corrected chi connectivity index (χ3v) is 2.42. The average molecular weight is 248 g/mol. The van der Waals surface area contributed by atoms with Crippen molar-refractivity contribution in [3.8, 4) is 11.5 Å². The number of nitrogens with zero attached hydrogens (tertiary/aromatic N) is 4. The lowest BCUT2D eigenvalue weighted by molar-refractivity contribution is 0.620. The number of pyridine rings is 1. The van der Waals surface area contributed by atoms with Gasteiger partial charge in [0, 0.05) is 6.20 Å². The Morgan fingerprint density at radius 2 is 1.94 bits per heavy atom. The van der Waals surface area contributed by atoms with Gasteiger partial charge in [-0.1, -0.05) is 0 Å². The van der Waals surface area contributed by atoms with Gasteiger partial charge in [-0.2, -0.15) is 5.10 Å². The number of nitrogens with two attached hydrogens (primary N) is 1. The van der Waals surface area contributed by atoms with Crippen LogP contribution < -0.4 is 5.73 Å². The summed E-state index contributed by atoms with van der Waals surface area (Å²) in [4.78, 5) is 11.3. The Hall–Kier alpha value is -2.64. The van der Waals surface area contributed by atoms with Gasteiger partial charge in [0.15, 0.2) is 23.3 Å². The summed E-state index contributed by atoms with van der Waals surface area (Å²) in [5.74, 6) is -1.44. The fourth-order valence-electron chi connectivity index (χ4n) is 1.57. The number of halogens is 2. The minimum atomic E-state index is -0.716. The molecule has 0 bridgehead atoms. The van der Waals surface area contributed by atoms with E-state index in [4.69, 9.17) is 5.73 Å². The van der Waals surface area contributed by atoms with Crippen LogP contribution in [0.3, 0.4) is 0 Å². The minimum absolute atomic E-state index is 0.117. The molecule has 0 aliphatic carbocycles. The number of hydrogen-bond acceptors (Lipinski definition) is 5. The summed E-state index contributed by atoms with van der Waals surface area (Å²) >= 11 is 0. The van der Waals surface area contributed by atoms with E-state index in [1.54, 1.807) is 0 Å². The second kappa shape index (κ2) is 3.69. The van der Waals surface area contributed by atoms with Crippen molar-refractivity contribution in [2.45, 2.75) is 0 Å². The van der Waals surface area contributed by atoms with Crippen LogP contribution in [0.15, 0.2) is 18.6 Å². The molecule has 3 aromatic rings. The standard InChI is InChI=1S/C10H6F2N6/c11-5-2-14-1-4-7(5)17-18-8(4)10-15-3-6(12)9(13)16-10/h1-3H,(H,17,18)(H2,13,15,16). The largest absolute Gasteiger partial charge is 0.381 e. The molecule has 0 spiro atoms. The molecule has 6 nitrogen and oxygen atoms in total. The number of aromatic amines is 1. The molecule has 3 aromatic heterocycles. The van der Waals surface area contributed by atoms with Gasteiger partial charge < -0.3 is 5.73 Å². The molecule has 3 rings (SSSR count). The number of nitrogen functional groups attached to an aromatic ring is 1. The average Bonchev–Trinajstić information content (AvgIpc) is 2.78. The molecule has 0 unspecified atom stereocenters. The highest BCUT2D eigenvalue weighted by Gasteiger charge is 2.14. The van der Waals surface area contributed by atoms with E-state index in [1.807, 2.05) is 0 Å². The number of fused-ring (bicyclic) bond motifs is 1. The van der Waals surface area contributed by atoms with Crippen LogP contribution in [0, 0.1) is 11.6 Å². The Labute approximate surface area is 98.9 Å². The highest BCUT2D eigenvalue weighted by molar-refractivity contribution is 5.90. The molecule has 90 valence electrons. The molecule has 0 aliphatic heterocycles. The molecule has 0 radical (unpaired) electrons. The summed E-state index contributed by atoms with van der Waals surface area (Å²) in [6.45, 7) is 0. The van der Waals surface area contributed by atoms with E-state index in [0.29, 0.717) is 11.1 Å². The number of H-pyrrole nitrogens is 1. The summed E-state index contributed by atoms with van der Waals surface area (Å²) in [6, 6.07) is 0.